The first kappa shape index (κ1) is 19.0. The van der Waals surface area contributed by atoms with E-state index in [-0.39, 0.29) is 11.6 Å². The lowest BCUT2D eigenvalue weighted by Crippen LogP contribution is -2.59. The third-order valence-corrected chi connectivity index (χ3v) is 8.42. The topological polar surface area (TPSA) is 83.7 Å². The fourth-order valence-corrected chi connectivity index (χ4v) is 7.05. The summed E-state index contributed by atoms with van der Waals surface area (Å²) in [7, 11) is 0. The molecule has 7 heteroatoms. The number of amides is 1. The second kappa shape index (κ2) is 6.90. The largest absolute Gasteiger partial charge is 0.618 e. The monoisotopic (exact) mass is 414 g/mol. The molecule has 2 heterocycles. The normalized spacial score (nSPS) is 44.1. The molecule has 0 aromatic carbocycles. The highest BCUT2D eigenvalue weighted by molar-refractivity contribution is 5.90. The van der Waals surface area contributed by atoms with Crippen LogP contribution in [0.25, 0.3) is 0 Å². The van der Waals surface area contributed by atoms with E-state index in [4.69, 9.17) is 14.5 Å². The molecule has 2 spiro atoms. The second-order valence-electron chi connectivity index (χ2n) is 10.3. The molecule has 5 saturated carbocycles. The second-order valence-corrected chi connectivity index (χ2v) is 10.3. The van der Waals surface area contributed by atoms with Crippen LogP contribution in [0, 0.1) is 34.8 Å². The van der Waals surface area contributed by atoms with Crippen LogP contribution in [0.2, 0.25) is 0 Å². The predicted molar refractivity (Wildman–Crippen MR) is 105 cm³/mol. The van der Waals surface area contributed by atoms with Crippen LogP contribution in [0.4, 0.5) is 0 Å². The summed E-state index contributed by atoms with van der Waals surface area (Å²) < 4.78 is 7.34. The van der Waals surface area contributed by atoms with Crippen molar-refractivity contribution in [2.45, 2.75) is 69.4 Å². The van der Waals surface area contributed by atoms with Gasteiger partial charge in [0.1, 0.15) is 0 Å². The SMILES string of the molecule is O=C(NCC1CCC2(CC1)OOC1(O2)C2CC3CC(C2)CC1C3)c1cccc[n+]1[O-]. The first-order chi connectivity index (χ1) is 14.6. The number of nitrogens with zero attached hydrogens (tertiary/aromatic N) is 1. The number of rotatable bonds is 3. The van der Waals surface area contributed by atoms with Crippen molar-refractivity contribution >= 4 is 5.91 Å². The van der Waals surface area contributed by atoms with E-state index in [9.17, 15) is 10.0 Å². The van der Waals surface area contributed by atoms with Crippen molar-refractivity contribution in [3.8, 4) is 0 Å². The van der Waals surface area contributed by atoms with Crippen molar-refractivity contribution < 1.29 is 24.0 Å². The highest BCUT2D eigenvalue weighted by atomic mass is 17.3. The maximum absolute atomic E-state index is 12.3. The van der Waals surface area contributed by atoms with E-state index >= 15 is 0 Å². The fourth-order valence-electron chi connectivity index (χ4n) is 7.05. The number of pyridine rings is 1. The molecule has 1 saturated heterocycles. The average Bonchev–Trinajstić information content (AvgIpc) is 3.11. The number of ether oxygens (including phenoxy) is 1. The van der Waals surface area contributed by atoms with Gasteiger partial charge < -0.3 is 15.3 Å². The van der Waals surface area contributed by atoms with Gasteiger partial charge in [-0.25, -0.2) is 0 Å². The lowest BCUT2D eigenvalue weighted by atomic mass is 9.53. The standard InChI is InChI=1S/C23H30N2O5/c26-21(20-3-1-2-8-25(20)27)24-14-15-4-6-22(7-5-15)28-23(30-29-22)18-10-16-9-17(12-18)13-19(23)11-16/h1-3,8,15-19H,4-7,9-14H2,(H,24,26). The molecule has 7 rings (SSSR count). The minimum Gasteiger partial charge on any atom is -0.618 e. The van der Waals surface area contributed by atoms with Crippen LogP contribution in [-0.2, 0) is 14.5 Å². The highest BCUT2D eigenvalue weighted by Crippen LogP contribution is 2.63. The maximum Gasteiger partial charge on any atom is 0.317 e. The Balaban J connectivity index is 1.06. The summed E-state index contributed by atoms with van der Waals surface area (Å²) in [6.45, 7) is 0.560. The van der Waals surface area contributed by atoms with Gasteiger partial charge in [0.05, 0.1) is 0 Å². The van der Waals surface area contributed by atoms with Crippen LogP contribution in [0.3, 0.4) is 0 Å². The number of nitrogens with one attached hydrogen (secondary N) is 1. The molecule has 1 aromatic rings. The van der Waals surface area contributed by atoms with Crippen LogP contribution >= 0.6 is 0 Å². The molecular formula is C23H30N2O5. The summed E-state index contributed by atoms with van der Waals surface area (Å²) >= 11 is 0. The van der Waals surface area contributed by atoms with E-state index in [2.05, 4.69) is 5.32 Å². The number of carbonyl (C=O) groups is 1. The molecule has 1 aliphatic heterocycles. The van der Waals surface area contributed by atoms with E-state index in [0.717, 1.165) is 37.5 Å². The van der Waals surface area contributed by atoms with Crippen molar-refractivity contribution in [2.24, 2.45) is 29.6 Å². The molecular weight excluding hydrogens is 384 g/mol. The van der Waals surface area contributed by atoms with Crippen molar-refractivity contribution in [1.29, 1.82) is 0 Å². The molecule has 1 aromatic heterocycles. The van der Waals surface area contributed by atoms with Gasteiger partial charge in [-0.15, -0.1) is 0 Å². The lowest BCUT2D eigenvalue weighted by Gasteiger charge is -2.57. The van der Waals surface area contributed by atoms with Crippen LogP contribution in [0.5, 0.6) is 0 Å². The van der Waals surface area contributed by atoms with E-state index in [0.29, 0.717) is 29.0 Å². The molecule has 4 bridgehead atoms. The van der Waals surface area contributed by atoms with Crippen molar-refractivity contribution in [3.63, 3.8) is 0 Å². The van der Waals surface area contributed by atoms with E-state index in [1.807, 2.05) is 0 Å². The van der Waals surface area contributed by atoms with Crippen LogP contribution < -0.4 is 10.0 Å². The highest BCUT2D eigenvalue weighted by Gasteiger charge is 2.66. The van der Waals surface area contributed by atoms with Crippen molar-refractivity contribution in [3.05, 3.63) is 35.3 Å². The third-order valence-electron chi connectivity index (χ3n) is 8.42. The van der Waals surface area contributed by atoms with Gasteiger partial charge in [0.25, 0.3) is 5.69 Å². The Hall–Kier alpha value is -1.70. The molecule has 5 aliphatic carbocycles. The Kier molecular flexibility index (Phi) is 4.38. The molecule has 6 aliphatic rings. The number of hydrogen-bond acceptors (Lipinski definition) is 5. The van der Waals surface area contributed by atoms with Gasteiger partial charge in [0, 0.05) is 43.4 Å². The molecule has 6 fully saturated rings. The summed E-state index contributed by atoms with van der Waals surface area (Å²) in [6.07, 6.45) is 11.0. The molecule has 7 nitrogen and oxygen atoms in total. The Bertz CT molecular complexity index is 807. The average molecular weight is 415 g/mol. The zero-order chi connectivity index (χ0) is 20.3. The molecule has 1 N–H and O–H groups in total. The Morgan fingerprint density at radius 3 is 2.43 bits per heavy atom. The van der Waals surface area contributed by atoms with Gasteiger partial charge in [0.2, 0.25) is 11.6 Å². The minimum absolute atomic E-state index is 0.129. The van der Waals surface area contributed by atoms with Crippen molar-refractivity contribution in [2.75, 3.05) is 6.54 Å². The van der Waals surface area contributed by atoms with Crippen LogP contribution in [0.1, 0.15) is 68.3 Å². The number of carbonyl (C=O) groups excluding carboxylic acids is 1. The molecule has 162 valence electrons. The maximum atomic E-state index is 12.3. The Labute approximate surface area is 176 Å². The summed E-state index contributed by atoms with van der Waals surface area (Å²) in [5.41, 5.74) is 0.129. The lowest BCUT2D eigenvalue weighted by molar-refractivity contribution is -0.607. The van der Waals surface area contributed by atoms with Crippen molar-refractivity contribution in [1.82, 2.24) is 5.32 Å². The molecule has 0 atom stereocenters. The first-order valence-corrected chi connectivity index (χ1v) is 11.6. The van der Waals surface area contributed by atoms with Gasteiger partial charge >= 0.3 is 5.91 Å². The summed E-state index contributed by atoms with van der Waals surface area (Å²) in [4.78, 5) is 24.4. The Morgan fingerprint density at radius 1 is 1.07 bits per heavy atom. The number of aromatic nitrogens is 1. The van der Waals surface area contributed by atoms with E-state index < -0.39 is 11.6 Å². The van der Waals surface area contributed by atoms with Crippen LogP contribution in [-0.4, -0.2) is 24.0 Å². The van der Waals surface area contributed by atoms with Crippen LogP contribution in [0.15, 0.2) is 24.4 Å². The number of hydrogen-bond donors (Lipinski definition) is 1. The predicted octanol–water partition coefficient (Wildman–Crippen LogP) is 3.07. The first-order valence-electron chi connectivity index (χ1n) is 11.6. The van der Waals surface area contributed by atoms with Gasteiger partial charge in [-0.05, 0) is 68.8 Å². The summed E-state index contributed by atoms with van der Waals surface area (Å²) in [6, 6.07) is 4.85. The van der Waals surface area contributed by atoms with E-state index in [1.54, 1.807) is 18.2 Å². The zero-order valence-electron chi connectivity index (χ0n) is 17.3. The molecule has 1 amide bonds. The summed E-state index contributed by atoms with van der Waals surface area (Å²) in [5, 5.41) is 14.7. The fraction of sp³-hybridized carbons (Fsp3) is 0.739. The molecule has 0 unspecified atom stereocenters. The molecule has 30 heavy (non-hydrogen) atoms. The quantitative estimate of drug-likeness (QED) is 0.467. The van der Waals surface area contributed by atoms with Gasteiger partial charge in [-0.2, -0.15) is 14.5 Å². The van der Waals surface area contributed by atoms with Gasteiger partial charge in [-0.3, -0.25) is 4.79 Å². The molecule has 0 radical (unpaired) electrons. The van der Waals surface area contributed by atoms with Gasteiger partial charge in [-0.1, -0.05) is 0 Å². The third kappa shape index (κ3) is 2.97. The van der Waals surface area contributed by atoms with E-state index in [1.165, 1.54) is 38.3 Å². The Morgan fingerprint density at radius 2 is 1.77 bits per heavy atom. The zero-order valence-corrected chi connectivity index (χ0v) is 17.3. The minimum atomic E-state index is -0.618. The smallest absolute Gasteiger partial charge is 0.317 e. The summed E-state index contributed by atoms with van der Waals surface area (Å²) in [5.74, 6) is 1.58. The van der Waals surface area contributed by atoms with Gasteiger partial charge in [0.15, 0.2) is 6.20 Å².